The van der Waals surface area contributed by atoms with Crippen molar-refractivity contribution < 1.29 is 23.9 Å². The molecule has 0 aromatic heterocycles. The number of hydrogen-bond acceptors (Lipinski definition) is 5. The van der Waals surface area contributed by atoms with Crippen LogP contribution in [-0.2, 0) is 23.9 Å². The molecule has 0 rings (SSSR count). The first kappa shape index (κ1) is 27.2. The van der Waals surface area contributed by atoms with Gasteiger partial charge in [0.05, 0.1) is 0 Å². The van der Waals surface area contributed by atoms with Crippen LogP contribution in [0.2, 0.25) is 0 Å². The van der Waals surface area contributed by atoms with Gasteiger partial charge in [-0.05, 0) is 44.9 Å². The van der Waals surface area contributed by atoms with E-state index >= 15 is 0 Å². The average molecular weight is 415 g/mol. The minimum absolute atomic E-state index is 0.0916. The van der Waals surface area contributed by atoms with Crippen LogP contribution >= 0.6 is 0 Å². The number of rotatable bonds is 16. The molecule has 30 heavy (non-hydrogen) atoms. The van der Waals surface area contributed by atoms with E-state index in [0.717, 1.165) is 39.0 Å². The van der Waals surface area contributed by atoms with Crippen molar-refractivity contribution in [3.63, 3.8) is 0 Å². The average Bonchev–Trinajstić information content (AvgIpc) is 2.70. The van der Waals surface area contributed by atoms with Gasteiger partial charge in [-0.25, -0.2) is 0 Å². The maximum Gasteiger partial charge on any atom is 0.321 e. The Hall–Kier alpha value is -2.82. The summed E-state index contributed by atoms with van der Waals surface area (Å²) in [6.45, 7) is 3.20. The van der Waals surface area contributed by atoms with Gasteiger partial charge in [-0.3, -0.25) is 19.2 Å². The van der Waals surface area contributed by atoms with E-state index < -0.39 is 29.9 Å². The van der Waals surface area contributed by atoms with Crippen molar-refractivity contribution in [3.8, 4) is 0 Å². The lowest BCUT2D eigenvalue weighted by Crippen LogP contribution is -2.19. The molecule has 0 spiro atoms. The van der Waals surface area contributed by atoms with Crippen LogP contribution in [0.1, 0.15) is 71.6 Å². The molecular weight excluding hydrogens is 380 g/mol. The highest BCUT2D eigenvalue weighted by atomic mass is 16.6. The van der Waals surface area contributed by atoms with E-state index in [4.69, 9.17) is 0 Å². The van der Waals surface area contributed by atoms with Crippen LogP contribution in [-0.4, -0.2) is 23.5 Å². The molecule has 0 saturated heterocycles. The first-order chi connectivity index (χ1) is 14.5. The summed E-state index contributed by atoms with van der Waals surface area (Å²) in [5.41, 5.74) is 0. The Balaban J connectivity index is 3.70. The van der Waals surface area contributed by atoms with Crippen molar-refractivity contribution in [1.82, 2.24) is 0 Å². The Morgan fingerprint density at radius 2 is 1.13 bits per heavy atom. The third-order valence-electron chi connectivity index (χ3n) is 3.83. The fraction of sp³-hybridized carbons (Fsp3) is 0.440. The fourth-order valence-electron chi connectivity index (χ4n) is 2.20. The monoisotopic (exact) mass is 414 g/mol. The molecule has 0 heterocycles. The first-order valence-corrected chi connectivity index (χ1v) is 10.5. The second kappa shape index (κ2) is 19.5. The van der Waals surface area contributed by atoms with E-state index in [1.54, 1.807) is 0 Å². The maximum absolute atomic E-state index is 11.5. The molecule has 0 radical (unpaired) electrons. The second-order valence-electron chi connectivity index (χ2n) is 6.60. The van der Waals surface area contributed by atoms with Gasteiger partial charge in [0.15, 0.2) is 5.78 Å². The zero-order chi connectivity index (χ0) is 22.5. The third-order valence-corrected chi connectivity index (χ3v) is 3.83. The Kier molecular flexibility index (Phi) is 17.7. The molecule has 0 N–H and O–H groups in total. The maximum atomic E-state index is 11.5. The summed E-state index contributed by atoms with van der Waals surface area (Å²) < 4.78 is 4.50. The fourth-order valence-corrected chi connectivity index (χ4v) is 2.20. The Morgan fingerprint density at radius 1 is 0.667 bits per heavy atom. The van der Waals surface area contributed by atoms with Gasteiger partial charge in [0.25, 0.3) is 0 Å². The smallest absolute Gasteiger partial charge is 0.321 e. The highest BCUT2D eigenvalue weighted by Crippen LogP contribution is 2.02. The molecule has 5 heteroatoms. The molecular formula is C25H34O5. The number of ketones is 2. The third kappa shape index (κ3) is 18.5. The first-order valence-electron chi connectivity index (χ1n) is 10.5. The van der Waals surface area contributed by atoms with Crippen molar-refractivity contribution in [2.75, 3.05) is 0 Å². The van der Waals surface area contributed by atoms with Crippen molar-refractivity contribution in [2.24, 2.45) is 0 Å². The SMILES string of the molecule is CC/C=C\C/C=C\C/C=C\C/C=C\C/C=C\CCCC(=O)OC(=O)CC(=O)C(C)=O. The van der Waals surface area contributed by atoms with Gasteiger partial charge < -0.3 is 4.74 Å². The summed E-state index contributed by atoms with van der Waals surface area (Å²) in [6.07, 6.45) is 26.6. The highest BCUT2D eigenvalue weighted by molar-refractivity contribution is 6.39. The number of Topliss-reactive ketones (excluding diaryl/α,β-unsaturated/α-hetero) is 2. The van der Waals surface area contributed by atoms with Crippen LogP contribution in [0, 0.1) is 0 Å². The van der Waals surface area contributed by atoms with Gasteiger partial charge in [0, 0.05) is 13.3 Å². The quantitative estimate of drug-likeness (QED) is 0.109. The van der Waals surface area contributed by atoms with Crippen LogP contribution in [0.15, 0.2) is 60.8 Å². The molecule has 0 aliphatic heterocycles. The molecule has 164 valence electrons. The predicted molar refractivity (Wildman–Crippen MR) is 120 cm³/mol. The summed E-state index contributed by atoms with van der Waals surface area (Å²) in [7, 11) is 0. The topological polar surface area (TPSA) is 77.5 Å². The van der Waals surface area contributed by atoms with Crippen LogP contribution in [0.3, 0.4) is 0 Å². The van der Waals surface area contributed by atoms with Crippen molar-refractivity contribution in [2.45, 2.75) is 71.6 Å². The molecule has 0 amide bonds. The summed E-state index contributed by atoms with van der Waals surface area (Å²) >= 11 is 0. The Labute approximate surface area is 180 Å². The van der Waals surface area contributed by atoms with E-state index in [-0.39, 0.29) is 6.42 Å². The molecule has 0 aromatic carbocycles. The van der Waals surface area contributed by atoms with Gasteiger partial charge in [-0.1, -0.05) is 67.7 Å². The normalized spacial score (nSPS) is 12.1. The second-order valence-corrected chi connectivity index (χ2v) is 6.60. The molecule has 0 fully saturated rings. The van der Waals surface area contributed by atoms with Crippen LogP contribution < -0.4 is 0 Å². The number of hydrogen-bond donors (Lipinski definition) is 0. The number of esters is 2. The van der Waals surface area contributed by atoms with E-state index in [1.165, 1.54) is 0 Å². The van der Waals surface area contributed by atoms with Crippen LogP contribution in [0.5, 0.6) is 0 Å². The molecule has 5 nitrogen and oxygen atoms in total. The lowest BCUT2D eigenvalue weighted by Gasteiger charge is -2.00. The van der Waals surface area contributed by atoms with Gasteiger partial charge in [0.2, 0.25) is 5.78 Å². The molecule has 0 unspecified atom stereocenters. The summed E-state index contributed by atoms with van der Waals surface area (Å²) in [5.74, 6) is -3.23. The molecule has 0 saturated carbocycles. The summed E-state index contributed by atoms with van der Waals surface area (Å²) in [4.78, 5) is 44.6. The standard InChI is InChI=1S/C25H34O5/c1-3-4-5-6-7-8-9-10-11-12-13-14-15-16-17-18-19-20-24(28)30-25(29)21-23(27)22(2)26/h4-5,7-8,10-11,13-14,16-17H,3,6,9,12,15,18-21H2,1-2H3/b5-4-,8-7-,11-10-,14-13-,17-16-. The lowest BCUT2D eigenvalue weighted by atomic mass is 10.2. The highest BCUT2D eigenvalue weighted by Gasteiger charge is 2.17. The zero-order valence-corrected chi connectivity index (χ0v) is 18.2. The number of carbonyl (C=O) groups is 4. The number of ether oxygens (including phenoxy) is 1. The number of unbranched alkanes of at least 4 members (excludes halogenated alkanes) is 1. The predicted octanol–water partition coefficient (Wildman–Crippen LogP) is 5.53. The molecule has 0 atom stereocenters. The molecule has 0 bridgehead atoms. The zero-order valence-electron chi connectivity index (χ0n) is 18.2. The molecule has 0 aliphatic carbocycles. The summed E-state index contributed by atoms with van der Waals surface area (Å²) in [6, 6.07) is 0. The number of allylic oxidation sites excluding steroid dienone is 10. The van der Waals surface area contributed by atoms with E-state index in [2.05, 4.69) is 60.3 Å². The van der Waals surface area contributed by atoms with Gasteiger partial charge in [0.1, 0.15) is 6.42 Å². The van der Waals surface area contributed by atoms with Crippen LogP contribution in [0.25, 0.3) is 0 Å². The van der Waals surface area contributed by atoms with E-state index in [9.17, 15) is 19.2 Å². The van der Waals surface area contributed by atoms with Crippen molar-refractivity contribution in [1.29, 1.82) is 0 Å². The van der Waals surface area contributed by atoms with Crippen molar-refractivity contribution in [3.05, 3.63) is 60.8 Å². The van der Waals surface area contributed by atoms with E-state index in [1.807, 2.05) is 12.2 Å². The largest absolute Gasteiger partial charge is 0.393 e. The Morgan fingerprint density at radius 3 is 1.60 bits per heavy atom. The minimum Gasteiger partial charge on any atom is -0.393 e. The van der Waals surface area contributed by atoms with E-state index in [0.29, 0.717) is 12.8 Å². The van der Waals surface area contributed by atoms with Gasteiger partial charge in [-0.2, -0.15) is 0 Å². The molecule has 0 aliphatic rings. The summed E-state index contributed by atoms with van der Waals surface area (Å²) in [5, 5.41) is 0. The lowest BCUT2D eigenvalue weighted by molar-refractivity contribution is -0.160. The van der Waals surface area contributed by atoms with Crippen molar-refractivity contribution >= 4 is 23.5 Å². The van der Waals surface area contributed by atoms with Crippen LogP contribution in [0.4, 0.5) is 0 Å². The minimum atomic E-state index is -0.977. The van der Waals surface area contributed by atoms with Gasteiger partial charge >= 0.3 is 11.9 Å². The Bertz CT molecular complexity index is 678. The number of carbonyl (C=O) groups excluding carboxylic acids is 4. The van der Waals surface area contributed by atoms with Gasteiger partial charge in [-0.15, -0.1) is 0 Å². The molecule has 0 aromatic rings.